The molecule has 114 valence electrons. The number of hydrogen-bond donors (Lipinski definition) is 3. The maximum absolute atomic E-state index is 11.4. The largest absolute Gasteiger partial charge is 0.497 e. The quantitative estimate of drug-likeness (QED) is 0.750. The number of hydrogen-bond acceptors (Lipinski definition) is 4. The van der Waals surface area contributed by atoms with Gasteiger partial charge >= 0.3 is 0 Å². The van der Waals surface area contributed by atoms with Gasteiger partial charge in [0.05, 0.1) is 13.2 Å². The molecule has 2 atom stereocenters. The van der Waals surface area contributed by atoms with Crippen molar-refractivity contribution in [2.75, 3.05) is 13.7 Å². The number of H-pyrrole nitrogens is 1. The first kappa shape index (κ1) is 14.4. The third kappa shape index (κ3) is 2.41. The summed E-state index contributed by atoms with van der Waals surface area (Å²) < 4.78 is 37.4. The van der Waals surface area contributed by atoms with Crippen LogP contribution in [0.4, 0.5) is 0 Å². The first-order valence-electron chi connectivity index (χ1n) is 6.80. The molecule has 0 aliphatic carbocycles. The molecule has 0 bridgehead atoms. The lowest BCUT2D eigenvalue weighted by atomic mass is 9.97. The number of aromatic nitrogens is 1. The van der Waals surface area contributed by atoms with Crippen LogP contribution in [-0.4, -0.2) is 36.9 Å². The highest BCUT2D eigenvalue weighted by Crippen LogP contribution is 2.34. The van der Waals surface area contributed by atoms with E-state index < -0.39 is 21.4 Å². The molecule has 1 aliphatic rings. The maximum Gasteiger partial charge on any atom is 0.269 e. The van der Waals surface area contributed by atoms with Gasteiger partial charge in [0, 0.05) is 16.6 Å². The molecule has 21 heavy (non-hydrogen) atoms. The van der Waals surface area contributed by atoms with E-state index >= 15 is 0 Å². The summed E-state index contributed by atoms with van der Waals surface area (Å²) in [6.07, 6.45) is 0.803. The van der Waals surface area contributed by atoms with Crippen LogP contribution in [0.1, 0.15) is 24.2 Å². The Morgan fingerprint density at radius 2 is 2.19 bits per heavy atom. The molecule has 3 N–H and O–H groups in total. The molecule has 1 aliphatic heterocycles. The van der Waals surface area contributed by atoms with Crippen LogP contribution in [0.25, 0.3) is 10.9 Å². The lowest BCUT2D eigenvalue weighted by Gasteiger charge is -2.27. The van der Waals surface area contributed by atoms with Crippen molar-refractivity contribution >= 4 is 21.0 Å². The summed E-state index contributed by atoms with van der Waals surface area (Å²) in [6.45, 7) is 2.18. The zero-order chi connectivity index (χ0) is 15.2. The molecule has 3 rings (SSSR count). The molecule has 1 aromatic carbocycles. The van der Waals surface area contributed by atoms with Gasteiger partial charge < -0.3 is 15.0 Å². The molecule has 6 nitrogen and oxygen atoms in total. The zero-order valence-corrected chi connectivity index (χ0v) is 12.7. The van der Waals surface area contributed by atoms with Crippen molar-refractivity contribution < 1.29 is 17.7 Å². The number of fused-ring (bicyclic) bond motifs is 3. The topological polar surface area (TPSA) is 91.4 Å². The predicted octanol–water partition coefficient (Wildman–Crippen LogP) is 1.64. The minimum Gasteiger partial charge on any atom is -0.497 e. The average molecular weight is 310 g/mol. The molecule has 0 radical (unpaired) electrons. The summed E-state index contributed by atoms with van der Waals surface area (Å²) in [7, 11) is -2.49. The van der Waals surface area contributed by atoms with Gasteiger partial charge in [-0.2, -0.15) is 8.42 Å². The molecule has 2 unspecified atom stereocenters. The fourth-order valence-corrected chi connectivity index (χ4v) is 3.51. The van der Waals surface area contributed by atoms with E-state index in [4.69, 9.17) is 4.74 Å². The Morgan fingerprint density at radius 3 is 2.86 bits per heavy atom. The Labute approximate surface area is 123 Å². The van der Waals surface area contributed by atoms with Crippen molar-refractivity contribution in [3.8, 4) is 5.75 Å². The summed E-state index contributed by atoms with van der Waals surface area (Å²) in [4.78, 5) is 3.28. The van der Waals surface area contributed by atoms with E-state index in [1.165, 1.54) is 6.92 Å². The van der Waals surface area contributed by atoms with Crippen LogP contribution in [0.2, 0.25) is 0 Å². The Bertz CT molecular complexity index is 782. The molecule has 0 amide bonds. The standard InChI is InChI=1S/C14H18N2O4S/c1-8(21(17,18)19)13-14-10(5-6-15-13)11-7-9(20-2)3-4-12(11)16-14/h3-4,7-8,13,15-16H,5-6H2,1-2H3,(H,17,18,19). The van der Waals surface area contributed by atoms with Crippen LogP contribution in [0.3, 0.4) is 0 Å². The molecular weight excluding hydrogens is 292 g/mol. The Balaban J connectivity index is 2.14. The SMILES string of the molecule is COc1ccc2[nH]c3c(c2c1)CCNC3C(C)S(=O)(=O)O. The molecule has 0 saturated carbocycles. The molecule has 7 heteroatoms. The summed E-state index contributed by atoms with van der Waals surface area (Å²) in [6, 6.07) is 5.29. The van der Waals surface area contributed by atoms with Crippen molar-refractivity contribution in [3.63, 3.8) is 0 Å². The van der Waals surface area contributed by atoms with Gasteiger partial charge in [0.2, 0.25) is 0 Å². The van der Waals surface area contributed by atoms with Gasteiger partial charge in [-0.25, -0.2) is 0 Å². The van der Waals surface area contributed by atoms with Gasteiger partial charge in [0.25, 0.3) is 10.1 Å². The van der Waals surface area contributed by atoms with E-state index in [0.29, 0.717) is 6.54 Å². The molecule has 0 saturated heterocycles. The smallest absolute Gasteiger partial charge is 0.269 e. The van der Waals surface area contributed by atoms with Crippen molar-refractivity contribution in [1.82, 2.24) is 10.3 Å². The van der Waals surface area contributed by atoms with Crippen molar-refractivity contribution in [2.45, 2.75) is 24.6 Å². The van der Waals surface area contributed by atoms with E-state index in [2.05, 4.69) is 10.3 Å². The monoisotopic (exact) mass is 310 g/mol. The highest BCUT2D eigenvalue weighted by molar-refractivity contribution is 7.86. The Morgan fingerprint density at radius 1 is 1.43 bits per heavy atom. The van der Waals surface area contributed by atoms with E-state index in [1.54, 1.807) is 7.11 Å². The fraction of sp³-hybridized carbons (Fsp3) is 0.429. The van der Waals surface area contributed by atoms with E-state index in [0.717, 1.165) is 34.3 Å². The highest BCUT2D eigenvalue weighted by Gasteiger charge is 2.34. The zero-order valence-electron chi connectivity index (χ0n) is 11.9. The lowest BCUT2D eigenvalue weighted by molar-refractivity contribution is 0.415. The van der Waals surface area contributed by atoms with Crippen molar-refractivity contribution in [1.29, 1.82) is 0 Å². The van der Waals surface area contributed by atoms with Crippen LogP contribution in [0.5, 0.6) is 5.75 Å². The minimum atomic E-state index is -4.10. The summed E-state index contributed by atoms with van der Waals surface area (Å²) in [5, 5.41) is 3.30. The van der Waals surface area contributed by atoms with Gasteiger partial charge in [-0.15, -0.1) is 0 Å². The molecule has 2 aromatic rings. The van der Waals surface area contributed by atoms with E-state index in [-0.39, 0.29) is 0 Å². The van der Waals surface area contributed by atoms with Gasteiger partial charge in [-0.1, -0.05) is 0 Å². The van der Waals surface area contributed by atoms with E-state index in [1.807, 2.05) is 18.2 Å². The third-order valence-corrected chi connectivity index (χ3v) is 5.35. The van der Waals surface area contributed by atoms with Crippen LogP contribution in [-0.2, 0) is 16.5 Å². The fourth-order valence-electron chi connectivity index (χ4n) is 2.94. The van der Waals surface area contributed by atoms with E-state index in [9.17, 15) is 13.0 Å². The third-order valence-electron chi connectivity index (χ3n) is 4.14. The second kappa shape index (κ2) is 5.01. The second-order valence-electron chi connectivity index (χ2n) is 5.33. The second-order valence-corrected chi connectivity index (χ2v) is 7.10. The minimum absolute atomic E-state index is 0.442. The van der Waals surface area contributed by atoms with Gasteiger partial charge in [-0.05, 0) is 43.7 Å². The van der Waals surface area contributed by atoms with Crippen LogP contribution >= 0.6 is 0 Å². The van der Waals surface area contributed by atoms with Crippen molar-refractivity contribution in [3.05, 3.63) is 29.5 Å². The maximum atomic E-state index is 11.4. The number of methoxy groups -OCH3 is 1. The number of rotatable bonds is 3. The number of ether oxygens (including phenoxy) is 1. The number of nitrogens with one attached hydrogen (secondary N) is 2. The number of aromatic amines is 1. The van der Waals surface area contributed by atoms with Crippen molar-refractivity contribution in [2.24, 2.45) is 0 Å². The summed E-state index contributed by atoms with van der Waals surface area (Å²) >= 11 is 0. The molecular formula is C14H18N2O4S. The highest BCUT2D eigenvalue weighted by atomic mass is 32.2. The first-order chi connectivity index (χ1) is 9.91. The summed E-state index contributed by atoms with van der Waals surface area (Å²) in [5.74, 6) is 0.766. The average Bonchev–Trinajstić information content (AvgIpc) is 2.83. The lowest BCUT2D eigenvalue weighted by Crippen LogP contribution is -2.39. The molecule has 2 heterocycles. The normalized spacial score (nSPS) is 20.2. The first-order valence-corrected chi connectivity index (χ1v) is 8.30. The Hall–Kier alpha value is -1.57. The molecule has 0 fully saturated rings. The molecule has 0 spiro atoms. The van der Waals surface area contributed by atoms with Crippen LogP contribution in [0.15, 0.2) is 18.2 Å². The van der Waals surface area contributed by atoms with Gasteiger partial charge in [-0.3, -0.25) is 4.55 Å². The molecule has 1 aromatic heterocycles. The summed E-state index contributed by atoms with van der Waals surface area (Å²) in [5.41, 5.74) is 2.86. The number of benzene rings is 1. The van der Waals surface area contributed by atoms with Crippen LogP contribution < -0.4 is 10.1 Å². The van der Waals surface area contributed by atoms with Crippen LogP contribution in [0, 0.1) is 0 Å². The Kier molecular flexibility index (Phi) is 3.43. The van der Waals surface area contributed by atoms with Gasteiger partial charge in [0.1, 0.15) is 11.0 Å². The predicted molar refractivity (Wildman–Crippen MR) is 80.3 cm³/mol. The van der Waals surface area contributed by atoms with Gasteiger partial charge in [0.15, 0.2) is 0 Å².